The highest BCUT2D eigenvalue weighted by molar-refractivity contribution is 7.98. The molecule has 0 saturated carbocycles. The molecule has 1 N–H and O–H groups in total. The molecule has 0 fully saturated rings. The van der Waals surface area contributed by atoms with Crippen LogP contribution in [0, 0.1) is 5.41 Å². The van der Waals surface area contributed by atoms with Crippen molar-refractivity contribution < 1.29 is 33.3 Å². The number of ether oxygens (including phenoxy) is 5. The van der Waals surface area contributed by atoms with Crippen molar-refractivity contribution >= 4 is 40.9 Å². The number of carbonyl (C=O) groups is 2. The number of aromatic nitrogens is 5. The predicted molar refractivity (Wildman–Crippen MR) is 193 cm³/mol. The lowest BCUT2D eigenvalue weighted by molar-refractivity contribution is -0.151. The van der Waals surface area contributed by atoms with E-state index in [1.807, 2.05) is 54.8 Å². The van der Waals surface area contributed by atoms with Gasteiger partial charge < -0.3 is 29.0 Å². The second kappa shape index (κ2) is 16.6. The summed E-state index contributed by atoms with van der Waals surface area (Å²) in [5, 5.41) is 11.9. The zero-order valence-electron chi connectivity index (χ0n) is 28.9. The smallest absolute Gasteiger partial charge is 0.313 e. The molecule has 0 radical (unpaired) electrons. The predicted octanol–water partition coefficient (Wildman–Crippen LogP) is 6.74. The van der Waals surface area contributed by atoms with E-state index in [0.717, 1.165) is 11.1 Å². The van der Waals surface area contributed by atoms with Gasteiger partial charge in [0.25, 0.3) is 5.91 Å². The van der Waals surface area contributed by atoms with Crippen LogP contribution in [0.1, 0.15) is 35.3 Å². The molecule has 0 unspecified atom stereocenters. The first-order valence-corrected chi connectivity index (χ1v) is 17.2. The van der Waals surface area contributed by atoms with Crippen LogP contribution < -0.4 is 24.3 Å². The van der Waals surface area contributed by atoms with Crippen LogP contribution in [0.2, 0.25) is 5.02 Å². The number of thioether (sulfide) groups is 1. The van der Waals surface area contributed by atoms with Crippen molar-refractivity contribution in [3.63, 3.8) is 0 Å². The number of benzene rings is 3. The lowest BCUT2D eigenvalue weighted by atomic mass is 9.94. The number of nitrogens with one attached hydrogen (secondary N) is 1. The molecular formula is C36H37ClN6O7S. The van der Waals surface area contributed by atoms with Crippen LogP contribution in [0.15, 0.2) is 78.1 Å². The second-order valence-corrected chi connectivity index (χ2v) is 13.0. The van der Waals surface area contributed by atoms with Crippen LogP contribution in [-0.2, 0) is 29.3 Å². The summed E-state index contributed by atoms with van der Waals surface area (Å²) < 4.78 is 29.3. The number of nitrogens with zero attached hydrogens (tertiary/aromatic N) is 5. The fraction of sp³-hybridized carbons (Fsp3) is 0.278. The summed E-state index contributed by atoms with van der Waals surface area (Å²) in [4.78, 5) is 35.2. The number of halogens is 1. The number of amides is 1. The van der Waals surface area contributed by atoms with Crippen molar-refractivity contribution in [2.75, 3.05) is 32.9 Å². The van der Waals surface area contributed by atoms with E-state index >= 15 is 0 Å². The zero-order valence-corrected chi connectivity index (χ0v) is 30.5. The standard InChI is InChI=1S/C36H37ClN6O7S/c1-36(2,34(45)48-5)21-43-18-29(41-42-43)27-16-11-24(17-28(27)37)38-31(44)30-32(49-19-22-7-12-25(46-3)13-8-22)39-35(51-6)40-33(30)50-20-23-9-14-26(47-4)15-10-23/h7-18H,19-21H2,1-6H3,(H,38,44). The van der Waals surface area contributed by atoms with Crippen LogP contribution in [0.4, 0.5) is 5.69 Å². The maximum Gasteiger partial charge on any atom is 0.313 e. The highest BCUT2D eigenvalue weighted by Crippen LogP contribution is 2.33. The van der Waals surface area contributed by atoms with Gasteiger partial charge in [0.15, 0.2) is 10.7 Å². The summed E-state index contributed by atoms with van der Waals surface area (Å²) in [7, 11) is 4.53. The molecule has 266 valence electrons. The van der Waals surface area contributed by atoms with E-state index in [9.17, 15) is 9.59 Å². The molecule has 2 aromatic heterocycles. The van der Waals surface area contributed by atoms with E-state index in [4.69, 9.17) is 35.3 Å². The lowest BCUT2D eigenvalue weighted by Crippen LogP contribution is -2.30. The van der Waals surface area contributed by atoms with Gasteiger partial charge in [0, 0.05) is 11.3 Å². The fourth-order valence-corrected chi connectivity index (χ4v) is 5.51. The van der Waals surface area contributed by atoms with Gasteiger partial charge in [0.05, 0.1) is 44.5 Å². The van der Waals surface area contributed by atoms with Gasteiger partial charge in [-0.15, -0.1) is 5.10 Å². The number of carbonyl (C=O) groups excluding carboxylic acids is 2. The molecule has 0 spiro atoms. The van der Waals surface area contributed by atoms with Gasteiger partial charge in [-0.2, -0.15) is 9.97 Å². The molecule has 0 bridgehead atoms. The van der Waals surface area contributed by atoms with Gasteiger partial charge in [-0.25, -0.2) is 0 Å². The van der Waals surface area contributed by atoms with Gasteiger partial charge in [0.2, 0.25) is 11.8 Å². The number of methoxy groups -OCH3 is 3. The second-order valence-electron chi connectivity index (χ2n) is 11.8. The van der Waals surface area contributed by atoms with Crippen molar-refractivity contribution in [3.05, 3.63) is 94.6 Å². The first-order valence-electron chi connectivity index (χ1n) is 15.6. The molecule has 15 heteroatoms. The van der Waals surface area contributed by atoms with Crippen LogP contribution in [0.3, 0.4) is 0 Å². The summed E-state index contributed by atoms with van der Waals surface area (Å²) in [5.41, 5.74) is 2.32. The molecule has 1 amide bonds. The fourth-order valence-electron chi connectivity index (χ4n) is 4.88. The molecule has 0 aliphatic heterocycles. The Bertz CT molecular complexity index is 1910. The van der Waals surface area contributed by atoms with Crippen molar-refractivity contribution in [2.24, 2.45) is 5.41 Å². The van der Waals surface area contributed by atoms with E-state index in [1.54, 1.807) is 57.1 Å². The van der Waals surface area contributed by atoms with Gasteiger partial charge in [-0.3, -0.25) is 14.3 Å². The Morgan fingerprint density at radius 2 is 1.43 bits per heavy atom. The topological polar surface area (TPSA) is 149 Å². The van der Waals surface area contributed by atoms with Gasteiger partial charge in [-0.05, 0) is 73.7 Å². The maximum atomic E-state index is 14.0. The lowest BCUT2D eigenvalue weighted by Gasteiger charge is -2.20. The van der Waals surface area contributed by atoms with Crippen LogP contribution in [0.5, 0.6) is 23.3 Å². The average molecular weight is 733 g/mol. The van der Waals surface area contributed by atoms with Crippen LogP contribution in [-0.4, -0.2) is 64.4 Å². The Morgan fingerprint density at radius 3 is 1.92 bits per heavy atom. The van der Waals surface area contributed by atoms with Gasteiger partial charge >= 0.3 is 5.97 Å². The number of anilines is 1. The van der Waals surface area contributed by atoms with Crippen LogP contribution >= 0.6 is 23.4 Å². The molecule has 5 aromatic rings. The third-order valence-electron chi connectivity index (χ3n) is 7.64. The monoisotopic (exact) mass is 732 g/mol. The molecule has 0 atom stereocenters. The molecular weight excluding hydrogens is 696 g/mol. The third kappa shape index (κ3) is 9.27. The van der Waals surface area contributed by atoms with Crippen molar-refractivity contribution in [1.82, 2.24) is 25.0 Å². The van der Waals surface area contributed by atoms with E-state index in [-0.39, 0.29) is 43.1 Å². The molecule has 13 nitrogen and oxygen atoms in total. The minimum Gasteiger partial charge on any atom is -0.497 e. The van der Waals surface area contributed by atoms with E-state index in [0.29, 0.717) is 38.6 Å². The highest BCUT2D eigenvalue weighted by Gasteiger charge is 2.30. The molecule has 0 aliphatic rings. The number of esters is 1. The molecule has 0 aliphatic carbocycles. The summed E-state index contributed by atoms with van der Waals surface area (Å²) >= 11 is 7.98. The molecule has 3 aromatic carbocycles. The molecule has 2 heterocycles. The summed E-state index contributed by atoms with van der Waals surface area (Å²) in [6.45, 7) is 4.00. The first kappa shape index (κ1) is 36.9. The summed E-state index contributed by atoms with van der Waals surface area (Å²) in [6.07, 6.45) is 3.51. The largest absolute Gasteiger partial charge is 0.497 e. The Labute approximate surface area is 304 Å². The van der Waals surface area contributed by atoms with Crippen molar-refractivity contribution in [1.29, 1.82) is 0 Å². The number of hydrogen-bond donors (Lipinski definition) is 1. The Balaban J connectivity index is 1.41. The molecule has 0 saturated heterocycles. The zero-order chi connectivity index (χ0) is 36.5. The Kier molecular flexibility index (Phi) is 12.0. The van der Waals surface area contributed by atoms with E-state index in [1.165, 1.54) is 18.9 Å². The normalized spacial score (nSPS) is 11.1. The minimum absolute atomic E-state index is 0.00573. The van der Waals surface area contributed by atoms with Crippen molar-refractivity contribution in [2.45, 2.75) is 38.8 Å². The Hall–Kier alpha value is -5.34. The highest BCUT2D eigenvalue weighted by atomic mass is 35.5. The SMILES string of the molecule is COC(=O)C(C)(C)Cn1cc(-c2ccc(NC(=O)c3c(OCc4ccc(OC)cc4)nc(SC)nc3OCc3ccc(OC)cc3)cc2Cl)nn1. The van der Waals surface area contributed by atoms with E-state index in [2.05, 4.69) is 25.6 Å². The van der Waals surface area contributed by atoms with E-state index < -0.39 is 11.3 Å². The number of hydrogen-bond acceptors (Lipinski definition) is 12. The van der Waals surface area contributed by atoms with Gasteiger partial charge in [0.1, 0.15) is 30.4 Å². The molecule has 51 heavy (non-hydrogen) atoms. The first-order chi connectivity index (χ1) is 24.5. The Morgan fingerprint density at radius 1 is 0.863 bits per heavy atom. The third-order valence-corrected chi connectivity index (χ3v) is 8.50. The summed E-state index contributed by atoms with van der Waals surface area (Å²) in [6, 6.07) is 19.7. The summed E-state index contributed by atoms with van der Waals surface area (Å²) in [5.74, 6) is 0.558. The maximum absolute atomic E-state index is 14.0. The van der Waals surface area contributed by atoms with Gasteiger partial charge in [-0.1, -0.05) is 52.8 Å². The quantitative estimate of drug-likeness (QED) is 0.0690. The minimum atomic E-state index is -0.816. The molecule has 5 rings (SSSR count). The number of rotatable bonds is 15. The average Bonchev–Trinajstić information content (AvgIpc) is 3.59. The van der Waals surface area contributed by atoms with Crippen LogP contribution in [0.25, 0.3) is 11.3 Å². The van der Waals surface area contributed by atoms with Crippen molar-refractivity contribution in [3.8, 4) is 34.5 Å².